The molecule has 156 valence electrons. The predicted molar refractivity (Wildman–Crippen MR) is 131 cm³/mol. The van der Waals surface area contributed by atoms with E-state index in [2.05, 4.69) is 28.3 Å². The minimum absolute atomic E-state index is 0.318. The molecule has 32 heavy (non-hydrogen) atoms. The van der Waals surface area contributed by atoms with Crippen LogP contribution in [0.1, 0.15) is 5.56 Å². The molecule has 5 nitrogen and oxygen atoms in total. The largest absolute Gasteiger partial charge is 0.354 e. The van der Waals surface area contributed by atoms with Crippen LogP contribution in [0.5, 0.6) is 0 Å². The highest BCUT2D eigenvalue weighted by atomic mass is 35.5. The van der Waals surface area contributed by atoms with E-state index in [1.807, 2.05) is 48.5 Å². The number of hydrogen-bond acceptors (Lipinski definition) is 5. The lowest BCUT2D eigenvalue weighted by atomic mass is 10.1. The van der Waals surface area contributed by atoms with Gasteiger partial charge >= 0.3 is 0 Å². The number of nitrogens with one attached hydrogen (secondary N) is 2. The fourth-order valence-electron chi connectivity index (χ4n) is 3.10. The van der Waals surface area contributed by atoms with E-state index in [0.717, 1.165) is 15.5 Å². The Balaban J connectivity index is 1.69. The predicted octanol–water partition coefficient (Wildman–Crippen LogP) is 6.78. The summed E-state index contributed by atoms with van der Waals surface area (Å²) < 4.78 is 0. The van der Waals surface area contributed by atoms with Crippen LogP contribution in [-0.4, -0.2) is 10.9 Å². The van der Waals surface area contributed by atoms with E-state index in [1.165, 1.54) is 12.3 Å². The zero-order chi connectivity index (χ0) is 22.5. The molecule has 4 aromatic rings. The van der Waals surface area contributed by atoms with Gasteiger partial charge in [-0.1, -0.05) is 48.1 Å². The van der Waals surface area contributed by atoms with Gasteiger partial charge in [0.15, 0.2) is 0 Å². The van der Waals surface area contributed by atoms with Crippen molar-refractivity contribution >= 4 is 57.2 Å². The molecule has 0 aliphatic carbocycles. The molecule has 0 spiro atoms. The maximum atomic E-state index is 11.7. The molecule has 7 heteroatoms. The molecule has 1 amide bonds. The van der Waals surface area contributed by atoms with Gasteiger partial charge in [-0.15, -0.1) is 0 Å². The molecular weight excluding hydrogens is 440 g/mol. The summed E-state index contributed by atoms with van der Waals surface area (Å²) in [5, 5.41) is 17.0. The minimum Gasteiger partial charge on any atom is -0.354 e. The molecule has 1 aromatic heterocycles. The van der Waals surface area contributed by atoms with Gasteiger partial charge in [0.25, 0.3) is 0 Å². The summed E-state index contributed by atoms with van der Waals surface area (Å²) in [6, 6.07) is 23.1. The van der Waals surface area contributed by atoms with Crippen molar-refractivity contribution in [2.45, 2.75) is 9.79 Å². The van der Waals surface area contributed by atoms with Crippen LogP contribution in [0.15, 0.2) is 95.4 Å². The molecule has 0 fully saturated rings. The Morgan fingerprint density at radius 1 is 1.09 bits per heavy atom. The molecule has 1 heterocycles. The first kappa shape index (κ1) is 21.4. The Morgan fingerprint density at radius 3 is 2.59 bits per heavy atom. The van der Waals surface area contributed by atoms with E-state index in [0.29, 0.717) is 32.9 Å². The average molecular weight is 457 g/mol. The minimum atomic E-state index is -0.318. The molecule has 0 saturated heterocycles. The number of nitriles is 1. The van der Waals surface area contributed by atoms with Crippen LogP contribution < -0.4 is 10.6 Å². The summed E-state index contributed by atoms with van der Waals surface area (Å²) in [5.41, 5.74) is 2.97. The number of fused-ring (bicyclic) bond motifs is 1. The lowest BCUT2D eigenvalue weighted by molar-refractivity contribution is -0.111. The first-order valence-electron chi connectivity index (χ1n) is 9.63. The standard InChI is InChI=1S/C25H17ClN4OS/c1-2-24(31)29-17-8-10-22-20(12-17)25(16(14-27)15-28-22)30-18-9-11-23(21(26)13-18)32-19-6-4-3-5-7-19/h2-13,15H,1H2,(H,28,30)(H,29,31). The van der Waals surface area contributed by atoms with Crippen molar-refractivity contribution in [1.29, 1.82) is 5.26 Å². The Labute approximate surface area is 194 Å². The number of aromatic nitrogens is 1. The summed E-state index contributed by atoms with van der Waals surface area (Å²) in [6.45, 7) is 3.47. The SMILES string of the molecule is C=CC(=O)Nc1ccc2ncc(C#N)c(Nc3ccc(Sc4ccccc4)c(Cl)c3)c2c1. The van der Waals surface area contributed by atoms with Crippen LogP contribution in [0, 0.1) is 11.3 Å². The van der Waals surface area contributed by atoms with Gasteiger partial charge in [0.05, 0.1) is 21.8 Å². The Kier molecular flexibility index (Phi) is 6.41. The van der Waals surface area contributed by atoms with Gasteiger partial charge < -0.3 is 10.6 Å². The first-order chi connectivity index (χ1) is 15.6. The van der Waals surface area contributed by atoms with Crippen molar-refractivity contribution in [3.05, 3.63) is 96.2 Å². The summed E-state index contributed by atoms with van der Waals surface area (Å²) in [6.07, 6.45) is 2.72. The van der Waals surface area contributed by atoms with Crippen LogP contribution in [0.2, 0.25) is 5.02 Å². The van der Waals surface area contributed by atoms with Gasteiger partial charge in [0.2, 0.25) is 5.91 Å². The van der Waals surface area contributed by atoms with Gasteiger partial charge in [0, 0.05) is 32.7 Å². The van der Waals surface area contributed by atoms with Gasteiger partial charge in [-0.25, -0.2) is 0 Å². The molecule has 4 rings (SSSR count). The summed E-state index contributed by atoms with van der Waals surface area (Å²) in [5.74, 6) is -0.318. The van der Waals surface area contributed by atoms with E-state index in [1.54, 1.807) is 30.0 Å². The number of nitrogens with zero attached hydrogens (tertiary/aromatic N) is 2. The molecule has 0 atom stereocenters. The third-order valence-electron chi connectivity index (χ3n) is 4.61. The number of carbonyl (C=O) groups is 1. The fraction of sp³-hybridized carbons (Fsp3) is 0. The Hall–Kier alpha value is -3.79. The third kappa shape index (κ3) is 4.75. The van der Waals surface area contributed by atoms with E-state index >= 15 is 0 Å². The van der Waals surface area contributed by atoms with Crippen molar-refractivity contribution < 1.29 is 4.79 Å². The van der Waals surface area contributed by atoms with Crippen molar-refractivity contribution in [3.63, 3.8) is 0 Å². The topological polar surface area (TPSA) is 77.8 Å². The highest BCUT2D eigenvalue weighted by Gasteiger charge is 2.12. The maximum absolute atomic E-state index is 11.7. The van der Waals surface area contributed by atoms with Crippen LogP contribution in [0.4, 0.5) is 17.1 Å². The van der Waals surface area contributed by atoms with Gasteiger partial charge in [-0.05, 0) is 54.6 Å². The second-order valence-electron chi connectivity index (χ2n) is 6.77. The zero-order valence-corrected chi connectivity index (χ0v) is 18.4. The van der Waals surface area contributed by atoms with Crippen LogP contribution in [0.3, 0.4) is 0 Å². The van der Waals surface area contributed by atoms with Gasteiger partial charge in [0.1, 0.15) is 6.07 Å². The van der Waals surface area contributed by atoms with Crippen molar-refractivity contribution in [2.75, 3.05) is 10.6 Å². The van der Waals surface area contributed by atoms with E-state index in [9.17, 15) is 10.1 Å². The highest BCUT2D eigenvalue weighted by Crippen LogP contribution is 2.37. The Morgan fingerprint density at radius 2 is 1.88 bits per heavy atom. The number of carbonyl (C=O) groups excluding carboxylic acids is 1. The highest BCUT2D eigenvalue weighted by molar-refractivity contribution is 7.99. The van der Waals surface area contributed by atoms with Crippen molar-refractivity contribution in [1.82, 2.24) is 4.98 Å². The number of halogens is 1. The number of amides is 1. The quantitative estimate of drug-likeness (QED) is 0.313. The second-order valence-corrected chi connectivity index (χ2v) is 8.29. The smallest absolute Gasteiger partial charge is 0.247 e. The molecule has 0 unspecified atom stereocenters. The number of anilines is 3. The van der Waals surface area contributed by atoms with Crippen molar-refractivity contribution in [3.8, 4) is 6.07 Å². The van der Waals surface area contributed by atoms with Crippen LogP contribution in [0.25, 0.3) is 10.9 Å². The van der Waals surface area contributed by atoms with Gasteiger partial charge in [-0.3, -0.25) is 9.78 Å². The molecule has 3 aromatic carbocycles. The molecule has 0 aliphatic heterocycles. The number of pyridine rings is 1. The lowest BCUT2D eigenvalue weighted by Gasteiger charge is -2.14. The summed E-state index contributed by atoms with van der Waals surface area (Å²) >= 11 is 8.12. The first-order valence-corrected chi connectivity index (χ1v) is 10.8. The fourth-order valence-corrected chi connectivity index (χ4v) is 4.24. The van der Waals surface area contributed by atoms with E-state index < -0.39 is 0 Å². The van der Waals surface area contributed by atoms with Crippen LogP contribution in [-0.2, 0) is 4.79 Å². The molecule has 0 bridgehead atoms. The second kappa shape index (κ2) is 9.56. The molecule has 2 N–H and O–H groups in total. The zero-order valence-electron chi connectivity index (χ0n) is 16.8. The summed E-state index contributed by atoms with van der Waals surface area (Å²) in [4.78, 5) is 18.1. The normalized spacial score (nSPS) is 10.4. The van der Waals surface area contributed by atoms with E-state index in [4.69, 9.17) is 11.6 Å². The van der Waals surface area contributed by atoms with E-state index in [-0.39, 0.29) is 5.91 Å². The Bertz CT molecular complexity index is 1370. The lowest BCUT2D eigenvalue weighted by Crippen LogP contribution is -2.07. The molecular formula is C25H17ClN4OS. The molecule has 0 aliphatic rings. The molecule has 0 saturated carbocycles. The van der Waals surface area contributed by atoms with Crippen LogP contribution >= 0.6 is 23.4 Å². The number of rotatable bonds is 6. The van der Waals surface area contributed by atoms with Crippen molar-refractivity contribution in [2.24, 2.45) is 0 Å². The maximum Gasteiger partial charge on any atom is 0.247 e. The number of hydrogen-bond donors (Lipinski definition) is 2. The third-order valence-corrected chi connectivity index (χ3v) is 6.12. The summed E-state index contributed by atoms with van der Waals surface area (Å²) in [7, 11) is 0. The number of benzene rings is 3. The monoisotopic (exact) mass is 456 g/mol. The van der Waals surface area contributed by atoms with Gasteiger partial charge in [-0.2, -0.15) is 5.26 Å². The average Bonchev–Trinajstić information content (AvgIpc) is 2.81. The molecule has 0 radical (unpaired) electrons.